The van der Waals surface area contributed by atoms with Gasteiger partial charge in [0, 0.05) is 18.8 Å². The van der Waals surface area contributed by atoms with Crippen molar-refractivity contribution in [2.24, 2.45) is 7.05 Å². The Morgan fingerprint density at radius 2 is 1.88 bits per heavy atom. The van der Waals surface area contributed by atoms with Crippen LogP contribution in [0.3, 0.4) is 0 Å². The highest BCUT2D eigenvalue weighted by Gasteiger charge is 2.34. The Balaban J connectivity index is 1.85. The van der Waals surface area contributed by atoms with Gasteiger partial charge in [-0.15, -0.1) is 5.10 Å². The summed E-state index contributed by atoms with van der Waals surface area (Å²) in [6.45, 7) is -0.526. The van der Waals surface area contributed by atoms with Gasteiger partial charge in [0.05, 0.1) is 17.8 Å². The fourth-order valence-electron chi connectivity index (χ4n) is 4.17. The lowest BCUT2D eigenvalue weighted by atomic mass is 9.84. The van der Waals surface area contributed by atoms with Gasteiger partial charge in [0.1, 0.15) is 5.69 Å². The highest BCUT2D eigenvalue weighted by atomic mass is 19.4. The molecule has 0 amide bonds. The molecule has 0 N–H and O–H groups in total. The second kappa shape index (κ2) is 8.99. The Labute approximate surface area is 185 Å². The third-order valence-electron chi connectivity index (χ3n) is 5.75. The molecule has 3 aromatic heterocycles. The average Bonchev–Trinajstić information content (AvgIpc) is 3.17. The summed E-state index contributed by atoms with van der Waals surface area (Å²) >= 11 is 0. The number of halogens is 5. The van der Waals surface area contributed by atoms with Crippen molar-refractivity contribution < 1.29 is 22.0 Å². The van der Waals surface area contributed by atoms with E-state index in [4.69, 9.17) is 0 Å². The van der Waals surface area contributed by atoms with Crippen LogP contribution in [0, 0.1) is 0 Å². The van der Waals surface area contributed by atoms with E-state index in [9.17, 15) is 26.7 Å². The summed E-state index contributed by atoms with van der Waals surface area (Å²) in [4.78, 5) is 20.9. The van der Waals surface area contributed by atoms with Crippen LogP contribution >= 0.6 is 0 Å². The van der Waals surface area contributed by atoms with E-state index < -0.39 is 36.1 Å². The van der Waals surface area contributed by atoms with E-state index in [2.05, 4.69) is 20.2 Å². The minimum Gasteiger partial charge on any atom is -0.267 e. The molecule has 0 atom stereocenters. The number of alkyl halides is 5. The smallest absolute Gasteiger partial charge is 0.267 e. The summed E-state index contributed by atoms with van der Waals surface area (Å²) in [6, 6.07) is 3.55. The largest absolute Gasteiger partial charge is 0.418 e. The summed E-state index contributed by atoms with van der Waals surface area (Å²) in [6.07, 6.45) is -2.00. The maximum atomic E-state index is 13.5. The molecule has 3 heterocycles. The highest BCUT2D eigenvalue weighted by molar-refractivity contribution is 5.50. The minimum absolute atomic E-state index is 0.00632. The molecule has 1 fully saturated rings. The molecule has 176 valence electrons. The summed E-state index contributed by atoms with van der Waals surface area (Å²) in [5, 5.41) is 7.86. The normalized spacial score (nSPS) is 15.4. The van der Waals surface area contributed by atoms with Gasteiger partial charge >= 0.3 is 6.18 Å². The van der Waals surface area contributed by atoms with E-state index in [0.717, 1.165) is 53.6 Å². The monoisotopic (exact) mass is 468 g/mol. The van der Waals surface area contributed by atoms with E-state index in [-0.39, 0.29) is 23.1 Å². The second-order valence-corrected chi connectivity index (χ2v) is 8.00. The minimum atomic E-state index is -4.66. The number of aromatic nitrogens is 6. The van der Waals surface area contributed by atoms with Crippen LogP contribution in [0.2, 0.25) is 0 Å². The van der Waals surface area contributed by atoms with Crippen LogP contribution in [0.5, 0.6) is 0 Å². The van der Waals surface area contributed by atoms with Crippen molar-refractivity contribution in [1.29, 1.82) is 0 Å². The molecule has 4 rings (SSSR count). The topological polar surface area (TPSA) is 78.5 Å². The molecule has 33 heavy (non-hydrogen) atoms. The van der Waals surface area contributed by atoms with Crippen molar-refractivity contribution in [3.8, 4) is 11.5 Å². The maximum absolute atomic E-state index is 13.5. The Morgan fingerprint density at radius 3 is 2.52 bits per heavy atom. The standard InChI is InChI=1S/C21H21F5N6O/c1-31-19(28-18(30-31)17(22)23)15-10-13(12-6-3-2-4-7-12)20(33)32(29-15)11-16-14(21(24,25)26)8-5-9-27-16/h5,8-10,12,17H,2-4,6-7,11H2,1H3. The SMILES string of the molecule is Cn1nc(C(F)F)nc1-c1cc(C2CCCCC2)c(=O)n(Cc2ncccc2C(F)(F)F)n1. The zero-order valence-corrected chi connectivity index (χ0v) is 17.7. The van der Waals surface area contributed by atoms with Crippen LogP contribution in [-0.4, -0.2) is 29.5 Å². The molecule has 1 aliphatic rings. The highest BCUT2D eigenvalue weighted by Crippen LogP contribution is 2.33. The summed E-state index contributed by atoms with van der Waals surface area (Å²) in [5.74, 6) is -0.809. The van der Waals surface area contributed by atoms with Gasteiger partial charge in [-0.25, -0.2) is 23.1 Å². The van der Waals surface area contributed by atoms with Crippen LogP contribution in [0.1, 0.15) is 67.1 Å². The molecular weight excluding hydrogens is 447 g/mol. The number of rotatable bonds is 5. The third kappa shape index (κ3) is 4.79. The molecule has 12 heteroatoms. The molecular formula is C21H21F5N6O. The molecule has 0 saturated heterocycles. The molecule has 0 bridgehead atoms. The second-order valence-electron chi connectivity index (χ2n) is 8.00. The van der Waals surface area contributed by atoms with Crippen molar-refractivity contribution in [1.82, 2.24) is 29.5 Å². The van der Waals surface area contributed by atoms with Crippen LogP contribution < -0.4 is 5.56 Å². The predicted octanol–water partition coefficient (Wildman–Crippen LogP) is 4.49. The first-order valence-electron chi connectivity index (χ1n) is 10.5. The Bertz CT molecular complexity index is 1200. The first-order valence-corrected chi connectivity index (χ1v) is 10.5. The third-order valence-corrected chi connectivity index (χ3v) is 5.75. The van der Waals surface area contributed by atoms with Crippen molar-refractivity contribution in [3.05, 3.63) is 57.4 Å². The molecule has 1 aliphatic carbocycles. The molecule has 3 aromatic rings. The Hall–Kier alpha value is -3.18. The Morgan fingerprint density at radius 1 is 1.15 bits per heavy atom. The van der Waals surface area contributed by atoms with Crippen LogP contribution in [-0.2, 0) is 19.8 Å². The number of nitrogens with zero attached hydrogens (tertiary/aromatic N) is 6. The number of pyridine rings is 1. The number of aryl methyl sites for hydroxylation is 1. The number of hydrogen-bond acceptors (Lipinski definition) is 5. The average molecular weight is 468 g/mol. The molecule has 0 aromatic carbocycles. The number of hydrogen-bond donors (Lipinski definition) is 0. The van der Waals surface area contributed by atoms with Gasteiger partial charge < -0.3 is 0 Å². The van der Waals surface area contributed by atoms with Crippen molar-refractivity contribution in [2.75, 3.05) is 0 Å². The lowest BCUT2D eigenvalue weighted by Crippen LogP contribution is -2.30. The summed E-state index contributed by atoms with van der Waals surface area (Å²) in [7, 11) is 1.41. The zero-order valence-electron chi connectivity index (χ0n) is 17.7. The van der Waals surface area contributed by atoms with Gasteiger partial charge in [-0.3, -0.25) is 9.78 Å². The van der Waals surface area contributed by atoms with Gasteiger partial charge in [0.15, 0.2) is 5.82 Å². The molecule has 1 saturated carbocycles. The Kier molecular flexibility index (Phi) is 6.26. The summed E-state index contributed by atoms with van der Waals surface area (Å²) in [5.41, 5.74) is -1.40. The molecule has 0 aliphatic heterocycles. The van der Waals surface area contributed by atoms with Gasteiger partial charge in [0.2, 0.25) is 5.82 Å². The van der Waals surface area contributed by atoms with Crippen LogP contribution in [0.4, 0.5) is 22.0 Å². The first-order chi connectivity index (χ1) is 15.6. The van der Waals surface area contributed by atoms with E-state index in [1.165, 1.54) is 19.3 Å². The maximum Gasteiger partial charge on any atom is 0.418 e. The lowest BCUT2D eigenvalue weighted by Gasteiger charge is -2.22. The van der Waals surface area contributed by atoms with E-state index in [1.807, 2.05) is 0 Å². The first kappa shape index (κ1) is 23.0. The van der Waals surface area contributed by atoms with E-state index >= 15 is 0 Å². The molecule has 0 spiro atoms. The van der Waals surface area contributed by atoms with Crippen LogP contribution in [0.15, 0.2) is 29.2 Å². The van der Waals surface area contributed by atoms with Gasteiger partial charge in [-0.05, 0) is 37.0 Å². The fourth-order valence-corrected chi connectivity index (χ4v) is 4.17. The van der Waals surface area contributed by atoms with Crippen molar-refractivity contribution in [3.63, 3.8) is 0 Å². The van der Waals surface area contributed by atoms with Gasteiger partial charge in [0.25, 0.3) is 12.0 Å². The van der Waals surface area contributed by atoms with E-state index in [0.29, 0.717) is 5.56 Å². The van der Waals surface area contributed by atoms with Crippen LogP contribution in [0.25, 0.3) is 11.5 Å². The van der Waals surface area contributed by atoms with Crippen molar-refractivity contribution >= 4 is 0 Å². The molecule has 7 nitrogen and oxygen atoms in total. The van der Waals surface area contributed by atoms with Gasteiger partial charge in [-0.1, -0.05) is 19.3 Å². The zero-order chi connectivity index (χ0) is 23.8. The quantitative estimate of drug-likeness (QED) is 0.516. The lowest BCUT2D eigenvalue weighted by molar-refractivity contribution is -0.138. The van der Waals surface area contributed by atoms with Crippen molar-refractivity contribution in [2.45, 2.75) is 57.2 Å². The van der Waals surface area contributed by atoms with E-state index in [1.54, 1.807) is 0 Å². The summed E-state index contributed by atoms with van der Waals surface area (Å²) < 4.78 is 68.6. The molecule has 0 unspecified atom stereocenters. The fraction of sp³-hybridized carbons (Fsp3) is 0.476. The molecule has 0 radical (unpaired) electrons. The predicted molar refractivity (Wildman–Crippen MR) is 108 cm³/mol. The van der Waals surface area contributed by atoms with Gasteiger partial charge in [-0.2, -0.15) is 18.3 Å².